The Morgan fingerprint density at radius 3 is 2.86 bits per heavy atom. The lowest BCUT2D eigenvalue weighted by Crippen LogP contribution is -2.19. The minimum absolute atomic E-state index is 0.0869. The normalized spacial score (nSPS) is 17.1. The first-order valence-corrected chi connectivity index (χ1v) is 11.7. The number of nitrogen functional groups attached to an aromatic ring is 1. The van der Waals surface area contributed by atoms with E-state index in [2.05, 4.69) is 27.3 Å². The van der Waals surface area contributed by atoms with Gasteiger partial charge in [0.15, 0.2) is 17.8 Å². The summed E-state index contributed by atoms with van der Waals surface area (Å²) in [7, 11) is 0. The lowest BCUT2D eigenvalue weighted by atomic mass is 10.0. The maximum Gasteiger partial charge on any atom is 0.166 e. The third kappa shape index (κ3) is 3.97. The second kappa shape index (κ2) is 8.66. The highest BCUT2D eigenvalue weighted by Gasteiger charge is 2.23. The summed E-state index contributed by atoms with van der Waals surface area (Å²) < 4.78 is 29.9. The summed E-state index contributed by atoms with van der Waals surface area (Å²) in [5.41, 5.74) is 9.55. The molecule has 35 heavy (non-hydrogen) atoms. The molecule has 6 rings (SSSR count). The van der Waals surface area contributed by atoms with Crippen LogP contribution in [0.5, 0.6) is 5.75 Å². The Balaban J connectivity index is 1.43. The van der Waals surface area contributed by atoms with Gasteiger partial charge in [0.25, 0.3) is 0 Å². The summed E-state index contributed by atoms with van der Waals surface area (Å²) in [6, 6.07) is 12.1. The zero-order chi connectivity index (χ0) is 23.9. The second-order valence-electron chi connectivity index (χ2n) is 8.80. The fourth-order valence-electron chi connectivity index (χ4n) is 4.67. The molecule has 2 N–H and O–H groups in total. The molecule has 0 bridgehead atoms. The lowest BCUT2D eigenvalue weighted by Gasteiger charge is -2.24. The Morgan fingerprint density at radius 2 is 2.06 bits per heavy atom. The zero-order valence-corrected chi connectivity index (χ0v) is 19.3. The van der Waals surface area contributed by atoms with Crippen LogP contribution in [0.15, 0.2) is 61.1 Å². The van der Waals surface area contributed by atoms with Crippen molar-refractivity contribution in [2.24, 2.45) is 0 Å². The van der Waals surface area contributed by atoms with Crippen molar-refractivity contribution in [2.75, 3.05) is 12.3 Å². The number of anilines is 1. The number of pyridine rings is 1. The molecule has 0 spiro atoms. The van der Waals surface area contributed by atoms with Crippen LogP contribution in [0, 0.1) is 5.82 Å². The van der Waals surface area contributed by atoms with E-state index in [-0.39, 0.29) is 17.9 Å². The maximum atomic E-state index is 13.8. The van der Waals surface area contributed by atoms with Gasteiger partial charge >= 0.3 is 0 Å². The summed E-state index contributed by atoms with van der Waals surface area (Å²) in [4.78, 5) is 4.39. The van der Waals surface area contributed by atoms with E-state index in [9.17, 15) is 4.39 Å². The lowest BCUT2D eigenvalue weighted by molar-refractivity contribution is -0.0366. The Labute approximate surface area is 201 Å². The van der Waals surface area contributed by atoms with Crippen molar-refractivity contribution in [3.05, 3.63) is 72.4 Å². The predicted molar refractivity (Wildman–Crippen MR) is 131 cm³/mol. The van der Waals surface area contributed by atoms with Crippen molar-refractivity contribution >= 4 is 27.6 Å². The molecular formula is C26H25FN6O2. The van der Waals surface area contributed by atoms with Gasteiger partial charge in [-0.2, -0.15) is 10.2 Å². The molecule has 0 amide bonds. The highest BCUT2D eigenvalue weighted by Crippen LogP contribution is 2.35. The van der Waals surface area contributed by atoms with Gasteiger partial charge in [-0.15, -0.1) is 0 Å². The highest BCUT2D eigenvalue weighted by atomic mass is 19.1. The fraction of sp³-hybridized carbons (Fsp3) is 0.269. The van der Waals surface area contributed by atoms with E-state index >= 15 is 0 Å². The van der Waals surface area contributed by atoms with Crippen molar-refractivity contribution in [1.82, 2.24) is 24.5 Å². The van der Waals surface area contributed by atoms with E-state index in [1.54, 1.807) is 23.0 Å². The number of rotatable bonds is 5. The summed E-state index contributed by atoms with van der Waals surface area (Å²) in [5.74, 6) is 0.303. The Bertz CT molecular complexity index is 1510. The van der Waals surface area contributed by atoms with E-state index in [0.29, 0.717) is 16.7 Å². The average Bonchev–Trinajstić information content (AvgIpc) is 3.54. The molecular weight excluding hydrogens is 447 g/mol. The van der Waals surface area contributed by atoms with E-state index in [1.165, 1.54) is 12.1 Å². The van der Waals surface area contributed by atoms with Crippen molar-refractivity contribution in [3.8, 4) is 11.4 Å². The number of nitrogens with zero attached hydrogens (tertiary/aromatic N) is 5. The predicted octanol–water partition coefficient (Wildman–Crippen LogP) is 5.33. The smallest absolute Gasteiger partial charge is 0.166 e. The molecule has 2 unspecified atom stereocenters. The van der Waals surface area contributed by atoms with Gasteiger partial charge in [-0.05, 0) is 68.7 Å². The Kier molecular flexibility index (Phi) is 5.33. The van der Waals surface area contributed by atoms with Crippen LogP contribution in [0.1, 0.15) is 44.1 Å². The van der Waals surface area contributed by atoms with E-state index in [0.717, 1.165) is 48.0 Å². The maximum absolute atomic E-state index is 13.8. The molecule has 3 aromatic heterocycles. The molecule has 1 aliphatic heterocycles. The van der Waals surface area contributed by atoms with Gasteiger partial charge in [0.05, 0.1) is 22.9 Å². The third-order valence-corrected chi connectivity index (χ3v) is 6.43. The molecule has 1 aliphatic rings. The molecule has 5 aromatic rings. The number of fused-ring (bicyclic) bond motifs is 2. The molecule has 4 heterocycles. The molecule has 8 nitrogen and oxygen atoms in total. The number of nitrogens with two attached hydrogens (primary N) is 1. The first-order chi connectivity index (χ1) is 17.1. The molecule has 0 radical (unpaired) electrons. The molecule has 9 heteroatoms. The van der Waals surface area contributed by atoms with Crippen molar-refractivity contribution < 1.29 is 13.9 Å². The molecule has 1 fully saturated rings. The van der Waals surface area contributed by atoms with Gasteiger partial charge in [-0.1, -0.05) is 0 Å². The quantitative estimate of drug-likeness (QED) is 0.372. The number of hydrogen-bond donors (Lipinski definition) is 1. The molecule has 2 aromatic carbocycles. The molecule has 178 valence electrons. The number of ether oxygens (including phenoxy) is 2. The van der Waals surface area contributed by atoms with Crippen LogP contribution in [0.2, 0.25) is 0 Å². The van der Waals surface area contributed by atoms with E-state index in [4.69, 9.17) is 15.2 Å². The number of hydrogen-bond acceptors (Lipinski definition) is 6. The minimum atomic E-state index is -0.413. The molecule has 0 aliphatic carbocycles. The minimum Gasteiger partial charge on any atom is -0.482 e. The van der Waals surface area contributed by atoms with E-state index < -0.39 is 6.10 Å². The molecule has 2 atom stereocenters. The van der Waals surface area contributed by atoms with Crippen LogP contribution < -0.4 is 10.5 Å². The first kappa shape index (κ1) is 21.5. The van der Waals surface area contributed by atoms with Crippen molar-refractivity contribution in [3.63, 3.8) is 0 Å². The standard InChI is InChI=1S/C26H25FN6O2/c1-16(35-24-13-17-11-19(27)6-7-21(17)31-26(24)28)20-14-22-18(12-23(20)32-9-4-8-29-32)15-30-33(22)25-5-2-3-10-34-25/h4,6-9,11-16,25H,2-3,5,10H2,1H3,(H2,28,31). The van der Waals surface area contributed by atoms with Crippen molar-refractivity contribution in [2.45, 2.75) is 38.5 Å². The van der Waals surface area contributed by atoms with Crippen LogP contribution in [0.3, 0.4) is 0 Å². The van der Waals surface area contributed by atoms with Crippen LogP contribution in [-0.4, -0.2) is 31.2 Å². The fourth-order valence-corrected chi connectivity index (χ4v) is 4.67. The Morgan fingerprint density at radius 1 is 1.14 bits per heavy atom. The van der Waals surface area contributed by atoms with Crippen LogP contribution in [-0.2, 0) is 4.74 Å². The van der Waals surface area contributed by atoms with Gasteiger partial charge in [0.2, 0.25) is 0 Å². The van der Waals surface area contributed by atoms with Crippen LogP contribution in [0.4, 0.5) is 10.2 Å². The number of halogens is 1. The van der Waals surface area contributed by atoms with Gasteiger partial charge < -0.3 is 15.2 Å². The summed E-state index contributed by atoms with van der Waals surface area (Å²) in [5, 5.41) is 10.7. The molecule has 1 saturated heterocycles. The van der Waals surface area contributed by atoms with Gasteiger partial charge in [-0.3, -0.25) is 0 Å². The van der Waals surface area contributed by atoms with Gasteiger partial charge in [-0.25, -0.2) is 18.7 Å². The topological polar surface area (TPSA) is 93.0 Å². The SMILES string of the molecule is CC(Oc1cc2cc(F)ccc2nc1N)c1cc2c(cnn2C2CCCCO2)cc1-n1cccn1. The monoisotopic (exact) mass is 472 g/mol. The van der Waals surface area contributed by atoms with Crippen LogP contribution >= 0.6 is 0 Å². The van der Waals surface area contributed by atoms with E-state index in [1.807, 2.05) is 30.1 Å². The van der Waals surface area contributed by atoms with Gasteiger partial charge in [0, 0.05) is 35.3 Å². The third-order valence-electron chi connectivity index (χ3n) is 6.43. The summed E-state index contributed by atoms with van der Waals surface area (Å²) >= 11 is 0. The van der Waals surface area contributed by atoms with Crippen LogP contribution in [0.25, 0.3) is 27.5 Å². The number of benzene rings is 2. The average molecular weight is 473 g/mol. The summed E-state index contributed by atoms with van der Waals surface area (Å²) in [6.45, 7) is 2.68. The first-order valence-electron chi connectivity index (χ1n) is 11.7. The zero-order valence-electron chi connectivity index (χ0n) is 19.3. The highest BCUT2D eigenvalue weighted by molar-refractivity contribution is 5.84. The van der Waals surface area contributed by atoms with Crippen molar-refractivity contribution in [1.29, 1.82) is 0 Å². The Hall–Kier alpha value is -3.98. The second-order valence-corrected chi connectivity index (χ2v) is 8.80. The van der Waals surface area contributed by atoms with Gasteiger partial charge in [0.1, 0.15) is 11.9 Å². The molecule has 0 saturated carbocycles. The largest absolute Gasteiger partial charge is 0.482 e. The summed E-state index contributed by atoms with van der Waals surface area (Å²) in [6.07, 6.45) is 8.09. The number of aromatic nitrogens is 5.